The maximum Gasteiger partial charge on any atom is 0.356 e. The number of nitrogens with zero attached hydrogens (tertiary/aromatic N) is 1. The van der Waals surface area contributed by atoms with Gasteiger partial charge in [0.15, 0.2) is 0 Å². The van der Waals surface area contributed by atoms with Gasteiger partial charge in [0.25, 0.3) is 0 Å². The monoisotopic (exact) mass is 257 g/mol. The zero-order valence-corrected chi connectivity index (χ0v) is 11.5. The van der Waals surface area contributed by atoms with E-state index in [4.69, 9.17) is 0 Å². The summed E-state index contributed by atoms with van der Waals surface area (Å²) in [7, 11) is 0.750. The number of benzene rings is 1. The van der Waals surface area contributed by atoms with Crippen LogP contribution in [-0.2, 0) is 4.74 Å². The van der Waals surface area contributed by atoms with Crippen LogP contribution in [0.3, 0.4) is 0 Å². The van der Waals surface area contributed by atoms with Gasteiger partial charge in [-0.3, -0.25) is 0 Å². The van der Waals surface area contributed by atoms with Gasteiger partial charge >= 0.3 is 5.97 Å². The highest BCUT2D eigenvalue weighted by atomic mass is 28.3. The molecule has 92 valence electrons. The second kappa shape index (κ2) is 4.53. The number of ether oxygens (including phenoxy) is 1. The molecule has 0 spiro atoms. The first-order valence-electron chi connectivity index (χ1n) is 6.27. The molecular formula is C14H15NO2Si. The highest BCUT2D eigenvalue weighted by Crippen LogP contribution is 2.21. The van der Waals surface area contributed by atoms with Crippen molar-refractivity contribution in [2.75, 3.05) is 7.11 Å². The number of esters is 1. The number of hydrogen-bond acceptors (Lipinski definition) is 3. The second-order valence-electron chi connectivity index (χ2n) is 4.77. The van der Waals surface area contributed by atoms with Crippen LogP contribution in [0.15, 0.2) is 30.3 Å². The fourth-order valence-corrected chi connectivity index (χ4v) is 4.62. The average Bonchev–Trinajstić information content (AvgIpc) is 2.35. The first kappa shape index (κ1) is 11.4. The second-order valence-corrected chi connectivity index (χ2v) is 7.98. The molecule has 3 nitrogen and oxygen atoms in total. The van der Waals surface area contributed by atoms with Crippen molar-refractivity contribution in [1.82, 2.24) is 4.98 Å². The molecule has 0 amide bonds. The molecule has 1 aromatic heterocycles. The Labute approximate surface area is 107 Å². The summed E-state index contributed by atoms with van der Waals surface area (Å²) in [5.74, 6) is -0.380. The largest absolute Gasteiger partial charge is 0.464 e. The summed E-state index contributed by atoms with van der Waals surface area (Å²) < 4.78 is 4.68. The first-order valence-corrected chi connectivity index (χ1v) is 8.48. The van der Waals surface area contributed by atoms with Crippen LogP contribution < -0.4 is 5.19 Å². The third-order valence-electron chi connectivity index (χ3n) is 3.68. The quantitative estimate of drug-likeness (QED) is 0.609. The standard InChI is InChI=1S/C14H15NO2Si/c1-17-14(16)13-5-3-10-9-11(18-7-2-8-18)4-6-12(10)15-13/h3-6,9,18H,2,7-8H2,1H3. The summed E-state index contributed by atoms with van der Waals surface area (Å²) in [4.78, 5) is 15.7. The van der Waals surface area contributed by atoms with Gasteiger partial charge in [0.2, 0.25) is 0 Å². The fraction of sp³-hybridized carbons (Fsp3) is 0.286. The van der Waals surface area contributed by atoms with Crippen molar-refractivity contribution in [1.29, 1.82) is 0 Å². The van der Waals surface area contributed by atoms with E-state index in [1.54, 1.807) is 6.07 Å². The predicted molar refractivity (Wildman–Crippen MR) is 74.1 cm³/mol. The van der Waals surface area contributed by atoms with Gasteiger partial charge in [0.05, 0.1) is 21.4 Å². The molecule has 18 heavy (non-hydrogen) atoms. The molecule has 1 aliphatic heterocycles. The first-order chi connectivity index (χ1) is 8.78. The maximum absolute atomic E-state index is 11.4. The molecule has 1 fully saturated rings. The molecule has 0 bridgehead atoms. The summed E-state index contributed by atoms with van der Waals surface area (Å²) in [6, 6.07) is 13.0. The Hall–Kier alpha value is -1.68. The highest BCUT2D eigenvalue weighted by molar-refractivity contribution is 6.75. The molecule has 0 atom stereocenters. The number of carbonyl (C=O) groups excluding carboxylic acids is 1. The summed E-state index contributed by atoms with van der Waals surface area (Å²) in [5.41, 5.74) is 1.24. The van der Waals surface area contributed by atoms with Gasteiger partial charge in [0, 0.05) is 5.39 Å². The summed E-state index contributed by atoms with van der Waals surface area (Å²) in [5, 5.41) is 2.65. The lowest BCUT2D eigenvalue weighted by Crippen LogP contribution is -2.35. The van der Waals surface area contributed by atoms with Crippen LogP contribution in [0.5, 0.6) is 0 Å². The van der Waals surface area contributed by atoms with E-state index >= 15 is 0 Å². The Morgan fingerprint density at radius 2 is 2.11 bits per heavy atom. The predicted octanol–water partition coefficient (Wildman–Crippen LogP) is 1.86. The van der Waals surface area contributed by atoms with E-state index in [0.29, 0.717) is 5.69 Å². The molecule has 1 aliphatic rings. The van der Waals surface area contributed by atoms with E-state index in [0.717, 1.165) is 10.9 Å². The third-order valence-corrected chi connectivity index (χ3v) is 7.20. The number of fused-ring (bicyclic) bond motifs is 1. The van der Waals surface area contributed by atoms with Gasteiger partial charge in [-0.15, -0.1) is 0 Å². The molecule has 3 rings (SSSR count). The normalized spacial score (nSPS) is 15.4. The van der Waals surface area contributed by atoms with Crippen molar-refractivity contribution in [2.45, 2.75) is 18.5 Å². The minimum atomic E-state index is -0.624. The Morgan fingerprint density at radius 1 is 1.28 bits per heavy atom. The van der Waals surface area contributed by atoms with Crippen molar-refractivity contribution in [3.05, 3.63) is 36.0 Å². The summed E-state index contributed by atoms with van der Waals surface area (Å²) >= 11 is 0. The van der Waals surface area contributed by atoms with Gasteiger partial charge in [0.1, 0.15) is 5.69 Å². The number of aromatic nitrogens is 1. The zero-order chi connectivity index (χ0) is 12.5. The fourth-order valence-electron chi connectivity index (χ4n) is 2.36. The molecule has 2 aromatic rings. The molecule has 4 heteroatoms. The van der Waals surface area contributed by atoms with Crippen molar-refractivity contribution in [3.63, 3.8) is 0 Å². The summed E-state index contributed by atoms with van der Waals surface area (Å²) in [6.07, 6.45) is 1.40. The number of carbonyl (C=O) groups is 1. The lowest BCUT2D eigenvalue weighted by Gasteiger charge is -2.24. The number of methoxy groups -OCH3 is 1. The SMILES string of the molecule is COC(=O)c1ccc2cc([SiH]3CCC3)ccc2n1. The van der Waals surface area contributed by atoms with E-state index in [2.05, 4.69) is 21.9 Å². The van der Waals surface area contributed by atoms with Crippen LogP contribution in [0.1, 0.15) is 16.9 Å². The number of hydrogen-bond donors (Lipinski definition) is 0. The molecular weight excluding hydrogens is 242 g/mol. The van der Waals surface area contributed by atoms with Crippen LogP contribution in [-0.4, -0.2) is 26.9 Å². The van der Waals surface area contributed by atoms with E-state index < -0.39 is 8.80 Å². The van der Waals surface area contributed by atoms with E-state index in [9.17, 15) is 4.79 Å². The van der Waals surface area contributed by atoms with Gasteiger partial charge in [-0.05, 0) is 12.1 Å². The van der Waals surface area contributed by atoms with Crippen LogP contribution in [0.4, 0.5) is 0 Å². The molecule has 0 radical (unpaired) electrons. The molecule has 0 unspecified atom stereocenters. The smallest absolute Gasteiger partial charge is 0.356 e. The number of pyridine rings is 1. The Morgan fingerprint density at radius 3 is 2.78 bits per heavy atom. The van der Waals surface area contributed by atoms with Crippen molar-refractivity contribution < 1.29 is 9.53 Å². The van der Waals surface area contributed by atoms with Gasteiger partial charge in [-0.1, -0.05) is 41.9 Å². The minimum absolute atomic E-state index is 0.374. The molecule has 0 aliphatic carbocycles. The average molecular weight is 257 g/mol. The van der Waals surface area contributed by atoms with Gasteiger partial charge in [-0.2, -0.15) is 0 Å². The molecule has 2 heterocycles. The lowest BCUT2D eigenvalue weighted by atomic mass is 10.2. The van der Waals surface area contributed by atoms with Crippen molar-refractivity contribution in [3.8, 4) is 0 Å². The van der Waals surface area contributed by atoms with Crippen molar-refractivity contribution in [2.24, 2.45) is 0 Å². The third kappa shape index (κ3) is 1.93. The maximum atomic E-state index is 11.4. The molecule has 1 saturated heterocycles. The van der Waals surface area contributed by atoms with Crippen LogP contribution in [0, 0.1) is 0 Å². The molecule has 0 N–H and O–H groups in total. The van der Waals surface area contributed by atoms with E-state index in [1.807, 2.05) is 12.1 Å². The van der Waals surface area contributed by atoms with Crippen LogP contribution in [0.2, 0.25) is 12.1 Å². The lowest BCUT2D eigenvalue weighted by molar-refractivity contribution is 0.0594. The Bertz CT molecular complexity index is 608. The van der Waals surface area contributed by atoms with Crippen LogP contribution >= 0.6 is 0 Å². The summed E-state index contributed by atoms with van der Waals surface area (Å²) in [6.45, 7) is 0. The van der Waals surface area contributed by atoms with Gasteiger partial charge < -0.3 is 4.74 Å². The van der Waals surface area contributed by atoms with E-state index in [1.165, 1.54) is 30.8 Å². The minimum Gasteiger partial charge on any atom is -0.464 e. The Balaban J connectivity index is 2.00. The number of rotatable bonds is 2. The van der Waals surface area contributed by atoms with E-state index in [-0.39, 0.29) is 5.97 Å². The Kier molecular flexibility index (Phi) is 2.87. The van der Waals surface area contributed by atoms with Crippen LogP contribution in [0.25, 0.3) is 10.9 Å². The zero-order valence-electron chi connectivity index (χ0n) is 10.3. The molecule has 1 aromatic carbocycles. The highest BCUT2D eigenvalue weighted by Gasteiger charge is 2.21. The topological polar surface area (TPSA) is 39.2 Å². The molecule has 0 saturated carbocycles. The van der Waals surface area contributed by atoms with Gasteiger partial charge in [-0.25, -0.2) is 9.78 Å². The van der Waals surface area contributed by atoms with Crippen molar-refractivity contribution >= 4 is 30.9 Å².